The molecule has 0 fully saturated rings. The summed E-state index contributed by atoms with van der Waals surface area (Å²) in [5, 5.41) is 0. The Balaban J connectivity index is 1.86. The van der Waals surface area contributed by atoms with Gasteiger partial charge in [0.25, 0.3) is 5.56 Å². The molecule has 6 nitrogen and oxygen atoms in total. The van der Waals surface area contributed by atoms with Crippen molar-refractivity contribution in [3.8, 4) is 11.3 Å². The van der Waals surface area contributed by atoms with Crippen molar-refractivity contribution < 1.29 is 18.7 Å². The Bertz CT molecular complexity index is 1240. The molecule has 0 bridgehead atoms. The fourth-order valence-electron chi connectivity index (χ4n) is 2.56. The summed E-state index contributed by atoms with van der Waals surface area (Å²) >= 11 is 1.20. The molecule has 0 unspecified atom stereocenters. The third-order valence-electron chi connectivity index (χ3n) is 4.26. The Morgan fingerprint density at radius 1 is 1.13 bits per heavy atom. The van der Waals surface area contributed by atoms with Gasteiger partial charge in [-0.15, -0.1) is 11.3 Å². The van der Waals surface area contributed by atoms with E-state index in [0.29, 0.717) is 32.9 Å². The van der Waals surface area contributed by atoms with Crippen LogP contribution in [0.4, 0.5) is 0 Å². The maximum absolute atomic E-state index is 12.2. The van der Waals surface area contributed by atoms with Gasteiger partial charge in [-0.05, 0) is 31.2 Å². The first kappa shape index (κ1) is 21.5. The molecule has 1 N–H and O–H groups in total. The highest BCUT2D eigenvalue weighted by molar-refractivity contribution is 7.07. The number of hydrogen-bond donors (Lipinski definition) is 1. The van der Waals surface area contributed by atoms with Gasteiger partial charge in [-0.2, -0.15) is 0 Å². The maximum atomic E-state index is 12.2. The number of carbonyl (C=O) groups is 2. The Morgan fingerprint density at radius 3 is 2.47 bits per heavy atom. The molecular formula is C23H23NO5S. The number of ether oxygens (including phenoxy) is 1. The molecule has 3 aromatic rings. The van der Waals surface area contributed by atoms with Crippen LogP contribution in [0.15, 0.2) is 45.6 Å². The molecule has 0 aliphatic rings. The predicted molar refractivity (Wildman–Crippen MR) is 117 cm³/mol. The van der Waals surface area contributed by atoms with Gasteiger partial charge < -0.3 is 14.1 Å². The second kappa shape index (κ2) is 8.67. The lowest BCUT2D eigenvalue weighted by Crippen LogP contribution is -2.22. The van der Waals surface area contributed by atoms with E-state index in [1.807, 2.05) is 20.8 Å². The van der Waals surface area contributed by atoms with Crippen LogP contribution in [0.25, 0.3) is 23.5 Å². The smallest absolute Gasteiger partial charge is 0.338 e. The topological polar surface area (TPSA) is 89.4 Å². The monoisotopic (exact) mass is 425 g/mol. The number of H-pyrrole nitrogens is 1. The molecule has 0 radical (unpaired) electrons. The van der Waals surface area contributed by atoms with E-state index in [-0.39, 0.29) is 17.3 Å². The minimum absolute atomic E-state index is 0.0573. The van der Waals surface area contributed by atoms with Crippen LogP contribution in [0.5, 0.6) is 0 Å². The average Bonchev–Trinajstić information content (AvgIpc) is 3.28. The van der Waals surface area contributed by atoms with Gasteiger partial charge in [0.2, 0.25) is 0 Å². The molecule has 0 aliphatic heterocycles. The van der Waals surface area contributed by atoms with Crippen molar-refractivity contribution in [2.75, 3.05) is 6.61 Å². The minimum atomic E-state index is -0.510. The molecule has 0 atom stereocenters. The molecule has 0 saturated heterocycles. The Morgan fingerprint density at radius 2 is 1.83 bits per heavy atom. The van der Waals surface area contributed by atoms with Crippen molar-refractivity contribution in [1.82, 2.24) is 4.98 Å². The zero-order valence-electron chi connectivity index (χ0n) is 17.3. The number of rotatable bonds is 5. The summed E-state index contributed by atoms with van der Waals surface area (Å²) < 4.78 is 11.8. The van der Waals surface area contributed by atoms with Gasteiger partial charge in [-0.1, -0.05) is 32.9 Å². The van der Waals surface area contributed by atoms with Crippen LogP contribution in [0.2, 0.25) is 0 Å². The van der Waals surface area contributed by atoms with Crippen LogP contribution in [0.1, 0.15) is 43.8 Å². The van der Waals surface area contributed by atoms with Crippen molar-refractivity contribution in [3.63, 3.8) is 0 Å². The van der Waals surface area contributed by atoms with Crippen molar-refractivity contribution in [2.24, 2.45) is 5.41 Å². The number of carbonyl (C=O) groups excluding carboxylic acids is 2. The summed E-state index contributed by atoms with van der Waals surface area (Å²) in [5.41, 5.74) is 0.485. The number of nitrogens with one attached hydrogen (secondary N) is 1. The van der Waals surface area contributed by atoms with Crippen molar-refractivity contribution in [2.45, 2.75) is 27.7 Å². The van der Waals surface area contributed by atoms with Crippen LogP contribution in [0, 0.1) is 5.41 Å². The molecule has 30 heavy (non-hydrogen) atoms. The average molecular weight is 426 g/mol. The third kappa shape index (κ3) is 5.04. The first-order valence-electron chi connectivity index (χ1n) is 9.52. The Labute approximate surface area is 177 Å². The number of hydrogen-bond acceptors (Lipinski definition) is 6. The number of furan rings is 1. The van der Waals surface area contributed by atoms with Crippen molar-refractivity contribution in [3.05, 3.63) is 67.3 Å². The molecule has 0 spiro atoms. The molecule has 156 valence electrons. The summed E-state index contributed by atoms with van der Waals surface area (Å²) in [6, 6.07) is 10.5. The fourth-order valence-corrected chi connectivity index (χ4v) is 3.43. The Kier molecular flexibility index (Phi) is 6.22. The summed E-state index contributed by atoms with van der Waals surface area (Å²) in [7, 11) is 0. The van der Waals surface area contributed by atoms with E-state index in [0.717, 1.165) is 5.56 Å². The lowest BCUT2D eigenvalue weighted by molar-refractivity contribution is -0.119. The largest absolute Gasteiger partial charge is 0.462 e. The SMILES string of the molecule is CCOC(=O)c1ccc(-c2ccc(/C=c3\s/c(=C\C(=O)C(C)(C)C)[nH]c3=O)o2)cc1. The van der Waals surface area contributed by atoms with Crippen LogP contribution in [-0.4, -0.2) is 23.3 Å². The zero-order chi connectivity index (χ0) is 21.9. The summed E-state index contributed by atoms with van der Waals surface area (Å²) in [5.74, 6) is 0.699. The number of ketones is 1. The number of Topliss-reactive ketones (excluding diaryl/α,β-unsaturated/α-hetero) is 1. The van der Waals surface area contributed by atoms with E-state index >= 15 is 0 Å². The standard InChI is InChI=1S/C23H23NO5S/c1-5-28-22(27)15-8-6-14(7-9-15)17-11-10-16(29-17)12-18-21(26)24-20(30-18)13-19(25)23(2,3)4/h6-13H,5H2,1-4H3,(H,24,26)/b18-12-,20-13-. The first-order chi connectivity index (χ1) is 14.2. The molecule has 7 heteroatoms. The van der Waals surface area contributed by atoms with Crippen LogP contribution >= 0.6 is 11.3 Å². The van der Waals surface area contributed by atoms with E-state index in [1.54, 1.807) is 49.4 Å². The van der Waals surface area contributed by atoms with Crippen molar-refractivity contribution in [1.29, 1.82) is 0 Å². The molecule has 1 aromatic carbocycles. The highest BCUT2D eigenvalue weighted by atomic mass is 32.1. The second-order valence-electron chi connectivity index (χ2n) is 7.69. The van der Waals surface area contributed by atoms with Gasteiger partial charge in [0, 0.05) is 23.1 Å². The van der Waals surface area contributed by atoms with Gasteiger partial charge in [-0.25, -0.2) is 4.79 Å². The number of esters is 1. The van der Waals surface area contributed by atoms with Gasteiger partial charge >= 0.3 is 5.97 Å². The molecule has 0 amide bonds. The van der Waals surface area contributed by atoms with E-state index in [9.17, 15) is 14.4 Å². The quantitative estimate of drug-likeness (QED) is 0.635. The maximum Gasteiger partial charge on any atom is 0.338 e. The van der Waals surface area contributed by atoms with E-state index in [4.69, 9.17) is 9.15 Å². The molecule has 0 aliphatic carbocycles. The van der Waals surface area contributed by atoms with Crippen LogP contribution in [-0.2, 0) is 9.53 Å². The van der Waals surface area contributed by atoms with Gasteiger partial charge in [0.05, 0.1) is 21.4 Å². The number of benzene rings is 1. The Hall–Kier alpha value is -3.19. The number of thiazole rings is 1. The fraction of sp³-hybridized carbons (Fsp3) is 0.261. The predicted octanol–water partition coefficient (Wildman–Crippen LogP) is 3.10. The summed E-state index contributed by atoms with van der Waals surface area (Å²) in [6.07, 6.45) is 3.10. The third-order valence-corrected chi connectivity index (χ3v) is 5.23. The second-order valence-corrected chi connectivity index (χ2v) is 8.77. The normalized spacial score (nSPS) is 12.9. The van der Waals surface area contributed by atoms with Crippen LogP contribution in [0.3, 0.4) is 0 Å². The lowest BCUT2D eigenvalue weighted by atomic mass is 9.91. The van der Waals surface area contributed by atoms with E-state index in [2.05, 4.69) is 4.98 Å². The number of aromatic nitrogens is 1. The molecule has 3 rings (SSSR count). The van der Waals surface area contributed by atoms with Gasteiger partial charge in [0.15, 0.2) is 5.78 Å². The molecule has 2 aromatic heterocycles. The minimum Gasteiger partial charge on any atom is -0.462 e. The lowest BCUT2D eigenvalue weighted by Gasteiger charge is -2.12. The molecule has 2 heterocycles. The summed E-state index contributed by atoms with van der Waals surface area (Å²) in [6.45, 7) is 7.57. The number of aromatic amines is 1. The molecular weight excluding hydrogens is 402 g/mol. The summed E-state index contributed by atoms with van der Waals surface area (Å²) in [4.78, 5) is 38.8. The highest BCUT2D eigenvalue weighted by Gasteiger charge is 2.18. The molecule has 0 saturated carbocycles. The van der Waals surface area contributed by atoms with Gasteiger partial charge in [-0.3, -0.25) is 9.59 Å². The zero-order valence-corrected chi connectivity index (χ0v) is 18.1. The van der Waals surface area contributed by atoms with Crippen LogP contribution < -0.4 is 14.8 Å². The van der Waals surface area contributed by atoms with Gasteiger partial charge in [0.1, 0.15) is 11.5 Å². The highest BCUT2D eigenvalue weighted by Crippen LogP contribution is 2.23. The van der Waals surface area contributed by atoms with E-state index < -0.39 is 5.41 Å². The van der Waals surface area contributed by atoms with E-state index in [1.165, 1.54) is 17.4 Å². The van der Waals surface area contributed by atoms with Crippen molar-refractivity contribution >= 4 is 35.2 Å². The first-order valence-corrected chi connectivity index (χ1v) is 10.3.